The fourth-order valence-corrected chi connectivity index (χ4v) is 2.02. The number of likely N-dealkylation sites (N-methyl/N-ethyl adjacent to an activating group) is 1. The van der Waals surface area contributed by atoms with Crippen molar-refractivity contribution in [3.63, 3.8) is 0 Å². The fraction of sp³-hybridized carbons (Fsp3) is 0.588. The van der Waals surface area contributed by atoms with Gasteiger partial charge in [-0.1, -0.05) is 19.1 Å². The number of aliphatic hydroxyl groups is 1. The van der Waals surface area contributed by atoms with Gasteiger partial charge in [-0.3, -0.25) is 9.69 Å². The Morgan fingerprint density at radius 3 is 2.57 bits per heavy atom. The van der Waals surface area contributed by atoms with E-state index in [9.17, 15) is 14.3 Å². The van der Waals surface area contributed by atoms with E-state index in [1.54, 1.807) is 12.1 Å². The van der Waals surface area contributed by atoms with Gasteiger partial charge in [0.25, 0.3) is 0 Å². The summed E-state index contributed by atoms with van der Waals surface area (Å²) in [6, 6.07) is 6.01. The van der Waals surface area contributed by atoms with Crippen LogP contribution in [0.25, 0.3) is 0 Å². The second-order valence-electron chi connectivity index (χ2n) is 5.77. The number of nitrogens with zero attached hydrogens (tertiary/aromatic N) is 1. The molecular weight excluding hydrogens is 299 g/mol. The molecule has 0 saturated carbocycles. The van der Waals surface area contributed by atoms with Crippen molar-refractivity contribution in [1.29, 1.82) is 0 Å². The molecule has 0 aliphatic carbocycles. The van der Waals surface area contributed by atoms with E-state index in [4.69, 9.17) is 4.74 Å². The summed E-state index contributed by atoms with van der Waals surface area (Å²) in [6.45, 7) is 7.61. The third kappa shape index (κ3) is 8.64. The zero-order valence-corrected chi connectivity index (χ0v) is 14.1. The summed E-state index contributed by atoms with van der Waals surface area (Å²) >= 11 is 0. The van der Waals surface area contributed by atoms with Crippen molar-refractivity contribution >= 4 is 5.91 Å². The average Bonchev–Trinajstić information content (AvgIpc) is 2.51. The van der Waals surface area contributed by atoms with Gasteiger partial charge in [0.15, 0.2) is 0 Å². The maximum absolute atomic E-state index is 12.8. The number of aliphatic hydroxyl groups excluding tert-OH is 1. The molecule has 0 aliphatic rings. The number of rotatable bonds is 10. The average molecular weight is 326 g/mol. The first-order valence-corrected chi connectivity index (χ1v) is 7.93. The molecule has 0 aromatic heterocycles. The molecule has 1 aromatic rings. The lowest BCUT2D eigenvalue weighted by Crippen LogP contribution is -2.41. The largest absolute Gasteiger partial charge is 0.389 e. The third-order valence-corrected chi connectivity index (χ3v) is 3.31. The van der Waals surface area contributed by atoms with Gasteiger partial charge in [-0.25, -0.2) is 4.39 Å². The van der Waals surface area contributed by atoms with Gasteiger partial charge < -0.3 is 15.2 Å². The normalized spacial score (nSPS) is 12.7. The van der Waals surface area contributed by atoms with Crippen molar-refractivity contribution in [2.45, 2.75) is 39.5 Å². The van der Waals surface area contributed by atoms with Crippen LogP contribution in [0.4, 0.5) is 4.39 Å². The first kappa shape index (κ1) is 19.5. The van der Waals surface area contributed by atoms with Crippen LogP contribution in [0.2, 0.25) is 0 Å². The van der Waals surface area contributed by atoms with Crippen LogP contribution in [-0.2, 0) is 16.1 Å². The van der Waals surface area contributed by atoms with Gasteiger partial charge in [0, 0.05) is 13.1 Å². The molecular formula is C17H27FN2O3. The van der Waals surface area contributed by atoms with Crippen LogP contribution in [0.1, 0.15) is 26.3 Å². The molecule has 6 heteroatoms. The Bertz CT molecular complexity index is 465. The molecule has 2 N–H and O–H groups in total. The standard InChI is InChI=1S/C17H27FN2O3/c1-4-20(10-16(21)12-23-13(2)3)11-17(22)19-9-14-5-7-15(18)8-6-14/h5-8,13,16,21H,4,9-12H2,1-3H3,(H,19,22). The molecule has 1 rings (SSSR count). The summed E-state index contributed by atoms with van der Waals surface area (Å²) in [6.07, 6.45) is -0.555. The van der Waals surface area contributed by atoms with Crippen molar-refractivity contribution in [2.75, 3.05) is 26.2 Å². The Hall–Kier alpha value is -1.50. The van der Waals surface area contributed by atoms with Crippen molar-refractivity contribution in [2.24, 2.45) is 0 Å². The first-order chi connectivity index (χ1) is 10.9. The minimum atomic E-state index is -0.623. The maximum atomic E-state index is 12.8. The van der Waals surface area contributed by atoms with E-state index in [1.165, 1.54) is 12.1 Å². The molecule has 5 nitrogen and oxygen atoms in total. The van der Waals surface area contributed by atoms with Gasteiger partial charge >= 0.3 is 0 Å². The molecule has 1 atom stereocenters. The number of carbonyl (C=O) groups excluding carboxylic acids is 1. The molecule has 0 spiro atoms. The molecule has 0 bridgehead atoms. The fourth-order valence-electron chi connectivity index (χ4n) is 2.02. The zero-order valence-electron chi connectivity index (χ0n) is 14.1. The summed E-state index contributed by atoms with van der Waals surface area (Å²) < 4.78 is 18.2. The maximum Gasteiger partial charge on any atom is 0.234 e. The molecule has 130 valence electrons. The Morgan fingerprint density at radius 2 is 2.00 bits per heavy atom. The van der Waals surface area contributed by atoms with E-state index in [1.807, 2.05) is 25.7 Å². The number of carbonyl (C=O) groups is 1. The number of nitrogens with one attached hydrogen (secondary N) is 1. The highest BCUT2D eigenvalue weighted by Gasteiger charge is 2.14. The predicted molar refractivity (Wildman–Crippen MR) is 87.5 cm³/mol. The monoisotopic (exact) mass is 326 g/mol. The van der Waals surface area contributed by atoms with E-state index in [0.717, 1.165) is 5.56 Å². The summed E-state index contributed by atoms with van der Waals surface area (Å²) in [4.78, 5) is 13.8. The smallest absolute Gasteiger partial charge is 0.234 e. The van der Waals surface area contributed by atoms with Crippen molar-refractivity contribution in [3.05, 3.63) is 35.6 Å². The van der Waals surface area contributed by atoms with Crippen LogP contribution < -0.4 is 5.32 Å². The van der Waals surface area contributed by atoms with Gasteiger partial charge in [-0.05, 0) is 38.1 Å². The van der Waals surface area contributed by atoms with Crippen LogP contribution in [0.3, 0.4) is 0 Å². The number of halogens is 1. The molecule has 0 aliphatic heterocycles. The van der Waals surface area contributed by atoms with Gasteiger partial charge in [0.1, 0.15) is 5.82 Å². The molecule has 0 radical (unpaired) electrons. The van der Waals surface area contributed by atoms with Crippen LogP contribution in [-0.4, -0.2) is 54.4 Å². The second-order valence-corrected chi connectivity index (χ2v) is 5.77. The Kier molecular flexibility index (Phi) is 8.76. The lowest BCUT2D eigenvalue weighted by molar-refractivity contribution is -0.122. The van der Waals surface area contributed by atoms with Crippen LogP contribution in [0.5, 0.6) is 0 Å². The zero-order chi connectivity index (χ0) is 17.2. The highest BCUT2D eigenvalue weighted by molar-refractivity contribution is 5.78. The van der Waals surface area contributed by atoms with E-state index < -0.39 is 6.10 Å². The number of hydrogen-bond donors (Lipinski definition) is 2. The van der Waals surface area contributed by atoms with Crippen LogP contribution >= 0.6 is 0 Å². The van der Waals surface area contributed by atoms with Gasteiger partial charge in [-0.2, -0.15) is 0 Å². The van der Waals surface area contributed by atoms with E-state index in [-0.39, 0.29) is 31.0 Å². The molecule has 0 saturated heterocycles. The number of amides is 1. The number of benzene rings is 1. The lowest BCUT2D eigenvalue weighted by Gasteiger charge is -2.23. The topological polar surface area (TPSA) is 61.8 Å². The summed E-state index contributed by atoms with van der Waals surface area (Å²) in [7, 11) is 0. The highest BCUT2D eigenvalue weighted by atomic mass is 19.1. The van der Waals surface area contributed by atoms with Crippen LogP contribution in [0, 0.1) is 5.82 Å². The minimum Gasteiger partial charge on any atom is -0.389 e. The Morgan fingerprint density at radius 1 is 1.35 bits per heavy atom. The molecule has 0 fully saturated rings. The summed E-state index contributed by atoms with van der Waals surface area (Å²) in [5, 5.41) is 12.7. The Balaban J connectivity index is 2.33. The SMILES string of the molecule is CCN(CC(=O)NCc1ccc(F)cc1)CC(O)COC(C)C. The molecule has 0 heterocycles. The van der Waals surface area contributed by atoms with Gasteiger partial charge in [0.05, 0.1) is 25.4 Å². The van der Waals surface area contributed by atoms with Gasteiger partial charge in [-0.15, -0.1) is 0 Å². The summed E-state index contributed by atoms with van der Waals surface area (Å²) in [5.41, 5.74) is 0.841. The van der Waals surface area contributed by atoms with Gasteiger partial charge in [0.2, 0.25) is 5.91 Å². The molecule has 1 aromatic carbocycles. The molecule has 1 unspecified atom stereocenters. The van der Waals surface area contributed by atoms with Crippen molar-refractivity contribution in [3.8, 4) is 0 Å². The van der Waals surface area contributed by atoms with Crippen LogP contribution in [0.15, 0.2) is 24.3 Å². The summed E-state index contributed by atoms with van der Waals surface area (Å²) in [5.74, 6) is -0.428. The lowest BCUT2D eigenvalue weighted by atomic mass is 10.2. The van der Waals surface area contributed by atoms with Crippen molar-refractivity contribution in [1.82, 2.24) is 10.2 Å². The first-order valence-electron chi connectivity index (χ1n) is 7.93. The highest BCUT2D eigenvalue weighted by Crippen LogP contribution is 2.02. The Labute approximate surface area is 137 Å². The van der Waals surface area contributed by atoms with E-state index in [2.05, 4.69) is 5.32 Å². The van der Waals surface area contributed by atoms with E-state index >= 15 is 0 Å². The second kappa shape index (κ2) is 10.3. The quantitative estimate of drug-likeness (QED) is 0.685. The minimum absolute atomic E-state index is 0.0683. The molecule has 23 heavy (non-hydrogen) atoms. The number of ether oxygens (including phenoxy) is 1. The van der Waals surface area contributed by atoms with Crippen molar-refractivity contribution < 1.29 is 19.0 Å². The third-order valence-electron chi connectivity index (χ3n) is 3.31. The number of hydrogen-bond acceptors (Lipinski definition) is 4. The molecule has 1 amide bonds. The van der Waals surface area contributed by atoms with E-state index in [0.29, 0.717) is 19.6 Å². The predicted octanol–water partition coefficient (Wildman–Crippen LogP) is 1.55.